The fourth-order valence-corrected chi connectivity index (χ4v) is 2.85. The quantitative estimate of drug-likeness (QED) is 0.545. The van der Waals surface area contributed by atoms with E-state index in [0.717, 1.165) is 16.9 Å². The average Bonchev–Trinajstić information content (AvgIpc) is 3.13. The molecule has 1 aliphatic rings. The highest BCUT2D eigenvalue weighted by atomic mass is 32.1. The number of thiol groups is 1. The average molecular weight is 303 g/mol. The summed E-state index contributed by atoms with van der Waals surface area (Å²) in [6, 6.07) is 5.75. The molecular formula is C16H18FN3S. The van der Waals surface area contributed by atoms with E-state index in [9.17, 15) is 4.39 Å². The van der Waals surface area contributed by atoms with Crippen molar-refractivity contribution in [2.75, 3.05) is 5.73 Å². The largest absolute Gasteiger partial charge is 0.396 e. The number of anilines is 1. The van der Waals surface area contributed by atoms with Gasteiger partial charge in [-0.25, -0.2) is 4.39 Å². The minimum atomic E-state index is -0.543. The molecule has 1 saturated carbocycles. The Labute approximate surface area is 129 Å². The number of nitrogens with one attached hydrogen (secondary N) is 1. The number of halogens is 1. The monoisotopic (exact) mass is 303 g/mol. The zero-order valence-corrected chi connectivity index (χ0v) is 12.5. The summed E-state index contributed by atoms with van der Waals surface area (Å²) < 4.78 is 12.5. The van der Waals surface area contributed by atoms with E-state index >= 15 is 0 Å². The molecule has 3 rings (SSSR count). The number of nitriles is 1. The maximum atomic E-state index is 12.5. The molecule has 3 N–H and O–H groups in total. The second kappa shape index (κ2) is 7.19. The fourth-order valence-electron chi connectivity index (χ4n) is 2.53. The number of nitrogen functional groups attached to an aromatic ring is 1. The van der Waals surface area contributed by atoms with E-state index in [2.05, 4.69) is 23.8 Å². The maximum absolute atomic E-state index is 12.5. The van der Waals surface area contributed by atoms with Gasteiger partial charge in [-0.15, -0.1) is 12.6 Å². The van der Waals surface area contributed by atoms with Crippen molar-refractivity contribution in [1.29, 1.82) is 5.26 Å². The van der Waals surface area contributed by atoms with Crippen LogP contribution in [-0.2, 0) is 0 Å². The lowest BCUT2D eigenvalue weighted by molar-refractivity contribution is 0.632. The van der Waals surface area contributed by atoms with Crippen LogP contribution in [-0.4, -0.2) is 4.98 Å². The minimum absolute atomic E-state index is 0.0685. The first-order valence-corrected chi connectivity index (χ1v) is 7.37. The van der Waals surface area contributed by atoms with Gasteiger partial charge in [-0.3, -0.25) is 0 Å². The molecule has 3 nitrogen and oxygen atoms in total. The Morgan fingerprint density at radius 1 is 1.29 bits per heavy atom. The number of aromatic amines is 1. The molecule has 1 aromatic heterocycles. The van der Waals surface area contributed by atoms with Crippen molar-refractivity contribution in [3.8, 4) is 6.07 Å². The molecule has 1 fully saturated rings. The van der Waals surface area contributed by atoms with Gasteiger partial charge < -0.3 is 10.7 Å². The van der Waals surface area contributed by atoms with Gasteiger partial charge in [-0.05, 0) is 42.5 Å². The van der Waals surface area contributed by atoms with Gasteiger partial charge in [0.1, 0.15) is 5.82 Å². The van der Waals surface area contributed by atoms with E-state index in [1.807, 2.05) is 6.20 Å². The number of hydrogen-bond donors (Lipinski definition) is 3. The van der Waals surface area contributed by atoms with Crippen LogP contribution in [0.25, 0.3) is 0 Å². The molecule has 1 aromatic carbocycles. The summed E-state index contributed by atoms with van der Waals surface area (Å²) in [6.07, 6.45) is 9.55. The summed E-state index contributed by atoms with van der Waals surface area (Å²) >= 11 is 4.39. The topological polar surface area (TPSA) is 65.6 Å². The summed E-state index contributed by atoms with van der Waals surface area (Å²) in [7, 11) is 0. The third-order valence-corrected chi connectivity index (χ3v) is 4.07. The SMILES string of the molecule is N#Cc1ccc(N)c(F)c1.Sc1c[nH]cc1C1CCCC1. The highest BCUT2D eigenvalue weighted by Gasteiger charge is 2.18. The van der Waals surface area contributed by atoms with E-state index in [1.165, 1.54) is 43.4 Å². The smallest absolute Gasteiger partial charge is 0.147 e. The third kappa shape index (κ3) is 4.02. The van der Waals surface area contributed by atoms with Crippen LogP contribution in [0.15, 0.2) is 35.5 Å². The van der Waals surface area contributed by atoms with Crippen LogP contribution < -0.4 is 5.73 Å². The number of nitrogens with zero attached hydrogens (tertiary/aromatic N) is 1. The molecule has 0 atom stereocenters. The lowest BCUT2D eigenvalue weighted by Crippen LogP contribution is -1.89. The Morgan fingerprint density at radius 2 is 2.00 bits per heavy atom. The predicted molar refractivity (Wildman–Crippen MR) is 84.8 cm³/mol. The van der Waals surface area contributed by atoms with E-state index in [0.29, 0.717) is 0 Å². The van der Waals surface area contributed by atoms with Crippen LogP contribution >= 0.6 is 12.6 Å². The lowest BCUT2D eigenvalue weighted by atomic mass is 10.0. The molecule has 0 spiro atoms. The first-order valence-electron chi connectivity index (χ1n) is 6.92. The molecule has 2 aromatic rings. The second-order valence-corrected chi connectivity index (χ2v) is 5.61. The van der Waals surface area contributed by atoms with Crippen molar-refractivity contribution in [3.05, 3.63) is 47.5 Å². The van der Waals surface area contributed by atoms with E-state index in [-0.39, 0.29) is 11.3 Å². The molecule has 1 aliphatic carbocycles. The van der Waals surface area contributed by atoms with Gasteiger partial charge in [0, 0.05) is 17.3 Å². The molecule has 0 radical (unpaired) electrons. The number of benzene rings is 1. The molecule has 0 bridgehead atoms. The highest BCUT2D eigenvalue weighted by Crippen LogP contribution is 2.36. The van der Waals surface area contributed by atoms with Gasteiger partial charge in [0.05, 0.1) is 17.3 Å². The molecule has 0 saturated heterocycles. The molecule has 21 heavy (non-hydrogen) atoms. The van der Waals surface area contributed by atoms with E-state index in [1.54, 1.807) is 6.07 Å². The standard InChI is InChI=1S/C9H13NS.C7H5FN2/c11-9-6-10-5-8(9)7-3-1-2-4-7;8-6-3-5(4-9)1-2-7(6)10/h5-7,10-11H,1-4H2;1-3H,10H2. The number of H-pyrrole nitrogens is 1. The maximum Gasteiger partial charge on any atom is 0.147 e. The van der Waals surface area contributed by atoms with Crippen molar-refractivity contribution in [2.24, 2.45) is 0 Å². The first-order chi connectivity index (χ1) is 10.1. The summed E-state index contributed by atoms with van der Waals surface area (Å²) in [5, 5.41) is 8.30. The van der Waals surface area contributed by atoms with E-state index < -0.39 is 5.82 Å². The van der Waals surface area contributed by atoms with Crippen LogP contribution in [0, 0.1) is 17.1 Å². The van der Waals surface area contributed by atoms with Crippen LogP contribution in [0.3, 0.4) is 0 Å². The van der Waals surface area contributed by atoms with E-state index in [4.69, 9.17) is 11.0 Å². The number of nitrogens with two attached hydrogens (primary N) is 1. The number of aromatic nitrogens is 1. The molecule has 110 valence electrons. The van der Waals surface area contributed by atoms with Gasteiger partial charge >= 0.3 is 0 Å². The van der Waals surface area contributed by atoms with Gasteiger partial charge in [-0.1, -0.05) is 12.8 Å². The highest BCUT2D eigenvalue weighted by molar-refractivity contribution is 7.80. The van der Waals surface area contributed by atoms with Gasteiger partial charge in [0.2, 0.25) is 0 Å². The predicted octanol–water partition coefficient (Wildman–Crippen LogP) is 4.24. The normalized spacial score (nSPS) is 14.3. The fraction of sp³-hybridized carbons (Fsp3) is 0.312. The molecule has 5 heteroatoms. The summed E-state index contributed by atoms with van der Waals surface area (Å²) in [6.45, 7) is 0. The molecule has 0 amide bonds. The number of rotatable bonds is 1. The van der Waals surface area contributed by atoms with Gasteiger partial charge in [0.15, 0.2) is 0 Å². The molecule has 0 unspecified atom stereocenters. The van der Waals surface area contributed by atoms with Crippen molar-refractivity contribution in [1.82, 2.24) is 4.98 Å². The minimum Gasteiger partial charge on any atom is -0.396 e. The molecule has 1 heterocycles. The zero-order chi connectivity index (χ0) is 15.2. The van der Waals surface area contributed by atoms with Crippen molar-refractivity contribution in [2.45, 2.75) is 36.5 Å². The first kappa shape index (κ1) is 15.5. The Hall–Kier alpha value is -1.93. The van der Waals surface area contributed by atoms with Crippen LogP contribution in [0.2, 0.25) is 0 Å². The number of hydrogen-bond acceptors (Lipinski definition) is 3. The van der Waals surface area contributed by atoms with Crippen LogP contribution in [0.5, 0.6) is 0 Å². The summed E-state index contributed by atoms with van der Waals surface area (Å²) in [5.74, 6) is 0.243. The van der Waals surface area contributed by atoms with Crippen molar-refractivity contribution in [3.63, 3.8) is 0 Å². The lowest BCUT2D eigenvalue weighted by Gasteiger charge is -2.06. The van der Waals surface area contributed by atoms with Gasteiger partial charge in [0.25, 0.3) is 0 Å². The third-order valence-electron chi connectivity index (χ3n) is 3.68. The Balaban J connectivity index is 0.000000155. The second-order valence-electron chi connectivity index (χ2n) is 5.13. The van der Waals surface area contributed by atoms with Crippen molar-refractivity contribution < 1.29 is 4.39 Å². The van der Waals surface area contributed by atoms with Crippen LogP contribution in [0.4, 0.5) is 10.1 Å². The summed E-state index contributed by atoms with van der Waals surface area (Å²) in [4.78, 5) is 4.23. The van der Waals surface area contributed by atoms with Gasteiger partial charge in [-0.2, -0.15) is 5.26 Å². The zero-order valence-electron chi connectivity index (χ0n) is 11.6. The molecule has 0 aliphatic heterocycles. The van der Waals surface area contributed by atoms with Crippen molar-refractivity contribution >= 4 is 18.3 Å². The summed E-state index contributed by atoms with van der Waals surface area (Å²) in [5.41, 5.74) is 6.93. The van der Waals surface area contributed by atoms with Crippen LogP contribution in [0.1, 0.15) is 42.7 Å². The Morgan fingerprint density at radius 3 is 2.52 bits per heavy atom. The Bertz CT molecular complexity index is 639. The molecular weight excluding hydrogens is 285 g/mol. The Kier molecular flexibility index (Phi) is 5.29.